The normalized spacial score (nSPS) is 11.2. The number of carbonyl (C=O) groups excluding carboxylic acids is 1. The Balaban J connectivity index is 0.000000924. The Labute approximate surface area is 135 Å². The molecule has 0 radical (unpaired) electrons. The molecule has 0 aliphatic rings. The van der Waals surface area contributed by atoms with Crippen molar-refractivity contribution < 1.29 is 9.21 Å². The molecule has 3 nitrogen and oxygen atoms in total. The first kappa shape index (κ1) is 16.9. The van der Waals surface area contributed by atoms with Gasteiger partial charge in [0.15, 0.2) is 5.78 Å². The fourth-order valence-electron chi connectivity index (χ4n) is 2.41. The van der Waals surface area contributed by atoms with Gasteiger partial charge in [0.2, 0.25) is 0 Å². The van der Waals surface area contributed by atoms with Crippen molar-refractivity contribution in [2.75, 3.05) is 0 Å². The van der Waals surface area contributed by atoms with Gasteiger partial charge in [-0.25, -0.2) is 4.79 Å². The second kappa shape index (κ2) is 6.37. The van der Waals surface area contributed by atoms with E-state index in [2.05, 4.69) is 0 Å². The summed E-state index contributed by atoms with van der Waals surface area (Å²) in [4.78, 5) is 24.5. The summed E-state index contributed by atoms with van der Waals surface area (Å²) in [7, 11) is 0. The first-order valence-electron chi connectivity index (χ1n) is 7.88. The standard InChI is InChI=1S/C18H16O3.C2H6/c1-18(2,3)16(19)14-10-12-9-8-11-6-4-5-7-13(11)15(12)21-17(14)20;1-2/h4-10H,1-3H3;1-2H3. The van der Waals surface area contributed by atoms with Crippen LogP contribution < -0.4 is 5.63 Å². The SMILES string of the molecule is CC.CC(C)(C)C(=O)c1cc2ccc3ccccc3c2oc1=O. The van der Waals surface area contributed by atoms with Crippen molar-refractivity contribution in [2.24, 2.45) is 5.41 Å². The van der Waals surface area contributed by atoms with Gasteiger partial charge in [-0.3, -0.25) is 4.79 Å². The highest BCUT2D eigenvalue weighted by atomic mass is 16.4. The zero-order valence-corrected chi connectivity index (χ0v) is 14.3. The van der Waals surface area contributed by atoms with Crippen LogP contribution in [-0.4, -0.2) is 5.78 Å². The highest BCUT2D eigenvalue weighted by molar-refractivity contribution is 6.07. The molecule has 0 aliphatic carbocycles. The van der Waals surface area contributed by atoms with E-state index >= 15 is 0 Å². The lowest BCUT2D eigenvalue weighted by Gasteiger charge is -2.15. The molecule has 1 aromatic heterocycles. The van der Waals surface area contributed by atoms with Gasteiger partial charge in [0.05, 0.1) is 0 Å². The molecule has 120 valence electrons. The third-order valence-corrected chi connectivity index (χ3v) is 3.55. The predicted octanol–water partition coefficient (Wildman–Crippen LogP) is 5.20. The Bertz CT molecular complexity index is 911. The number of rotatable bonds is 1. The Morgan fingerprint density at radius 2 is 1.57 bits per heavy atom. The van der Waals surface area contributed by atoms with E-state index in [4.69, 9.17) is 4.42 Å². The van der Waals surface area contributed by atoms with Crippen LogP contribution in [0.15, 0.2) is 51.7 Å². The van der Waals surface area contributed by atoms with Crippen LogP contribution in [-0.2, 0) is 0 Å². The summed E-state index contributed by atoms with van der Waals surface area (Å²) in [5, 5.41) is 2.64. The molecule has 0 spiro atoms. The van der Waals surface area contributed by atoms with Crippen LogP contribution in [0.2, 0.25) is 0 Å². The number of hydrogen-bond acceptors (Lipinski definition) is 3. The summed E-state index contributed by atoms with van der Waals surface area (Å²) in [5.74, 6) is -0.202. The van der Waals surface area contributed by atoms with Crippen molar-refractivity contribution in [3.63, 3.8) is 0 Å². The summed E-state index contributed by atoms with van der Waals surface area (Å²) in [6.07, 6.45) is 0. The monoisotopic (exact) mass is 310 g/mol. The fraction of sp³-hybridized carbons (Fsp3) is 0.300. The second-order valence-corrected chi connectivity index (χ2v) is 6.23. The number of hydrogen-bond donors (Lipinski definition) is 0. The van der Waals surface area contributed by atoms with E-state index in [0.29, 0.717) is 5.58 Å². The molecule has 0 bridgehead atoms. The lowest BCUT2D eigenvalue weighted by molar-refractivity contribution is 0.0854. The zero-order valence-electron chi connectivity index (χ0n) is 14.3. The van der Waals surface area contributed by atoms with E-state index in [0.717, 1.165) is 16.2 Å². The molecule has 0 aliphatic heterocycles. The van der Waals surface area contributed by atoms with Crippen LogP contribution in [0.25, 0.3) is 21.7 Å². The fourth-order valence-corrected chi connectivity index (χ4v) is 2.41. The third-order valence-electron chi connectivity index (χ3n) is 3.55. The van der Waals surface area contributed by atoms with Gasteiger partial charge in [-0.05, 0) is 11.5 Å². The summed E-state index contributed by atoms with van der Waals surface area (Å²) in [6, 6.07) is 13.2. The van der Waals surface area contributed by atoms with Gasteiger partial charge in [-0.15, -0.1) is 0 Å². The molecule has 1 heterocycles. The molecule has 0 atom stereocenters. The Morgan fingerprint density at radius 1 is 0.957 bits per heavy atom. The van der Waals surface area contributed by atoms with E-state index in [1.54, 1.807) is 26.8 Å². The first-order chi connectivity index (χ1) is 10.9. The molecule has 0 saturated carbocycles. The number of fused-ring (bicyclic) bond motifs is 3. The molecule has 3 heteroatoms. The van der Waals surface area contributed by atoms with Gasteiger partial charge in [0.1, 0.15) is 11.1 Å². The van der Waals surface area contributed by atoms with Crippen LogP contribution in [0.3, 0.4) is 0 Å². The van der Waals surface area contributed by atoms with Crippen LogP contribution in [0.1, 0.15) is 45.0 Å². The first-order valence-corrected chi connectivity index (χ1v) is 7.88. The van der Waals surface area contributed by atoms with Gasteiger partial charge in [-0.2, -0.15) is 0 Å². The van der Waals surface area contributed by atoms with Gasteiger partial charge in [0, 0.05) is 16.2 Å². The highest BCUT2D eigenvalue weighted by Gasteiger charge is 2.26. The molecule has 23 heavy (non-hydrogen) atoms. The minimum absolute atomic E-state index is 0.116. The molecular formula is C20H22O3. The molecule has 2 aromatic carbocycles. The average Bonchev–Trinajstić information content (AvgIpc) is 2.54. The van der Waals surface area contributed by atoms with Crippen molar-refractivity contribution in [2.45, 2.75) is 34.6 Å². The Kier molecular flexibility index (Phi) is 4.69. The molecule has 0 saturated heterocycles. The Hall–Kier alpha value is -2.42. The molecule has 3 aromatic rings. The van der Waals surface area contributed by atoms with Crippen LogP contribution in [0.5, 0.6) is 0 Å². The van der Waals surface area contributed by atoms with Crippen molar-refractivity contribution in [1.29, 1.82) is 0 Å². The smallest absolute Gasteiger partial charge is 0.347 e. The van der Waals surface area contributed by atoms with E-state index in [1.807, 2.05) is 50.2 Å². The maximum Gasteiger partial charge on any atom is 0.347 e. The molecule has 0 unspecified atom stereocenters. The summed E-state index contributed by atoms with van der Waals surface area (Å²) in [6.45, 7) is 9.37. The van der Waals surface area contributed by atoms with Gasteiger partial charge in [-0.1, -0.05) is 71.0 Å². The van der Waals surface area contributed by atoms with Gasteiger partial charge >= 0.3 is 5.63 Å². The van der Waals surface area contributed by atoms with E-state index < -0.39 is 11.0 Å². The molecule has 3 rings (SSSR count). The van der Waals surface area contributed by atoms with Crippen molar-refractivity contribution >= 4 is 27.5 Å². The number of benzene rings is 2. The third kappa shape index (κ3) is 3.19. The minimum Gasteiger partial charge on any atom is -0.422 e. The average molecular weight is 310 g/mol. The summed E-state index contributed by atoms with van der Waals surface area (Å²) < 4.78 is 5.45. The van der Waals surface area contributed by atoms with Gasteiger partial charge < -0.3 is 4.42 Å². The molecule has 0 fully saturated rings. The molecular weight excluding hydrogens is 288 g/mol. The predicted molar refractivity (Wildman–Crippen MR) is 95.1 cm³/mol. The van der Waals surface area contributed by atoms with E-state index in [1.165, 1.54) is 0 Å². The largest absolute Gasteiger partial charge is 0.422 e. The van der Waals surface area contributed by atoms with Gasteiger partial charge in [0.25, 0.3) is 0 Å². The maximum atomic E-state index is 12.3. The van der Waals surface area contributed by atoms with Crippen molar-refractivity contribution in [3.8, 4) is 0 Å². The van der Waals surface area contributed by atoms with E-state index in [-0.39, 0.29) is 11.3 Å². The Morgan fingerprint density at radius 3 is 2.22 bits per heavy atom. The number of Topliss-reactive ketones (excluding diaryl/α,β-unsaturated/α-hetero) is 1. The van der Waals surface area contributed by atoms with Crippen LogP contribution in [0.4, 0.5) is 0 Å². The van der Waals surface area contributed by atoms with Crippen molar-refractivity contribution in [3.05, 3.63) is 58.4 Å². The second-order valence-electron chi connectivity index (χ2n) is 6.23. The lowest BCUT2D eigenvalue weighted by atomic mass is 9.87. The number of carbonyl (C=O) groups is 1. The molecule has 0 amide bonds. The summed E-state index contributed by atoms with van der Waals surface area (Å²) >= 11 is 0. The number of ketones is 1. The van der Waals surface area contributed by atoms with Crippen LogP contribution in [0, 0.1) is 5.41 Å². The van der Waals surface area contributed by atoms with Crippen molar-refractivity contribution in [1.82, 2.24) is 0 Å². The highest BCUT2D eigenvalue weighted by Crippen LogP contribution is 2.26. The minimum atomic E-state index is -0.612. The maximum absolute atomic E-state index is 12.3. The van der Waals surface area contributed by atoms with Crippen LogP contribution >= 0.6 is 0 Å². The zero-order chi connectivity index (χ0) is 17.2. The lowest BCUT2D eigenvalue weighted by Crippen LogP contribution is -2.25. The van der Waals surface area contributed by atoms with E-state index in [9.17, 15) is 9.59 Å². The topological polar surface area (TPSA) is 47.3 Å². The quantitative estimate of drug-likeness (QED) is 0.352. The summed E-state index contributed by atoms with van der Waals surface area (Å²) in [5.41, 5.74) is -0.535. The molecule has 0 N–H and O–H groups in total.